The quantitative estimate of drug-likeness (QED) is 0.562. The third-order valence-electron chi connectivity index (χ3n) is 2.68. The number of rotatable bonds is 1. The third kappa shape index (κ3) is 2.21. The van der Waals surface area contributed by atoms with Crippen molar-refractivity contribution in [3.8, 4) is 0 Å². The maximum atomic E-state index is 2.29. The summed E-state index contributed by atoms with van der Waals surface area (Å²) in [6, 6.07) is 0. The average Bonchev–Trinajstić information content (AvgIpc) is 2.47. The zero-order chi connectivity index (χ0) is 8.93. The highest BCUT2D eigenvalue weighted by molar-refractivity contribution is 5.38. The first-order valence-electron chi connectivity index (χ1n) is 5.18. The average molecular weight is 172 g/mol. The van der Waals surface area contributed by atoms with Gasteiger partial charge in [-0.25, -0.2) is 0 Å². The largest absolute Gasteiger partial charge is 0.0845 e. The van der Waals surface area contributed by atoms with E-state index in [0.29, 0.717) is 0 Å². The van der Waals surface area contributed by atoms with Crippen LogP contribution in [0.3, 0.4) is 0 Å². The lowest BCUT2D eigenvalue weighted by atomic mass is 9.94. The molecule has 0 amide bonds. The highest BCUT2D eigenvalue weighted by atomic mass is 14.1. The van der Waals surface area contributed by atoms with Gasteiger partial charge in [-0.15, -0.1) is 0 Å². The van der Waals surface area contributed by atoms with Crippen molar-refractivity contribution >= 4 is 0 Å². The summed E-state index contributed by atoms with van der Waals surface area (Å²) in [5.74, 6) is 0. The predicted octanol–water partition coefficient (Wildman–Crippen LogP) is 3.93. The minimum atomic E-state index is 1.22. The zero-order valence-corrected chi connectivity index (χ0v) is 8.00. The lowest BCUT2D eigenvalue weighted by Gasteiger charge is -2.11. The van der Waals surface area contributed by atoms with Crippen LogP contribution in [0.15, 0.2) is 47.6 Å². The van der Waals surface area contributed by atoms with E-state index in [2.05, 4.69) is 36.5 Å². The molecule has 0 saturated heterocycles. The molecule has 2 rings (SSSR count). The standard InChI is InChI=1S/C13H16/c1-2-5-9-12(8-4-1)13-10-6-3-7-11-13/h1,3-4,6,8,10H,2,5,7,9,11H2. The Labute approximate surface area is 80.3 Å². The van der Waals surface area contributed by atoms with E-state index in [0.717, 1.165) is 0 Å². The van der Waals surface area contributed by atoms with Crippen LogP contribution in [-0.2, 0) is 0 Å². The molecule has 2 aliphatic rings. The Hall–Kier alpha value is -1.04. The summed E-state index contributed by atoms with van der Waals surface area (Å²) in [6.07, 6.45) is 19.7. The first-order valence-corrected chi connectivity index (χ1v) is 5.18. The molecule has 0 heteroatoms. The number of hydrogen-bond acceptors (Lipinski definition) is 0. The van der Waals surface area contributed by atoms with Gasteiger partial charge in [0, 0.05) is 0 Å². The summed E-state index contributed by atoms with van der Waals surface area (Å²) in [4.78, 5) is 0. The molecule has 0 bridgehead atoms. The van der Waals surface area contributed by atoms with Crippen LogP contribution in [0.5, 0.6) is 0 Å². The van der Waals surface area contributed by atoms with E-state index < -0.39 is 0 Å². The molecule has 0 atom stereocenters. The molecule has 13 heavy (non-hydrogen) atoms. The summed E-state index contributed by atoms with van der Waals surface area (Å²) < 4.78 is 0. The van der Waals surface area contributed by atoms with Crippen LogP contribution in [-0.4, -0.2) is 0 Å². The number of allylic oxidation sites excluding steroid dienone is 8. The third-order valence-corrected chi connectivity index (χ3v) is 2.68. The SMILES string of the molecule is C1=CCCCC(C2=CC=CCC2)=C1. The Kier molecular flexibility index (Phi) is 2.81. The minimum absolute atomic E-state index is 1.22. The second-order valence-electron chi connectivity index (χ2n) is 3.67. The molecule has 0 saturated carbocycles. The van der Waals surface area contributed by atoms with Crippen molar-refractivity contribution in [3.63, 3.8) is 0 Å². The van der Waals surface area contributed by atoms with Crippen LogP contribution in [0.2, 0.25) is 0 Å². The maximum Gasteiger partial charge on any atom is -0.0241 e. The molecule has 0 aliphatic heterocycles. The van der Waals surface area contributed by atoms with Crippen LogP contribution in [0.4, 0.5) is 0 Å². The maximum absolute atomic E-state index is 2.29. The van der Waals surface area contributed by atoms with Crippen LogP contribution in [0.1, 0.15) is 32.1 Å². The van der Waals surface area contributed by atoms with Crippen LogP contribution < -0.4 is 0 Å². The van der Waals surface area contributed by atoms with Crippen molar-refractivity contribution in [1.82, 2.24) is 0 Å². The predicted molar refractivity (Wildman–Crippen MR) is 57.5 cm³/mol. The summed E-state index contributed by atoms with van der Waals surface area (Å²) in [5.41, 5.74) is 3.10. The molecule has 0 spiro atoms. The first kappa shape index (κ1) is 8.55. The van der Waals surface area contributed by atoms with E-state index in [1.165, 1.54) is 32.1 Å². The van der Waals surface area contributed by atoms with Crippen molar-refractivity contribution in [1.29, 1.82) is 0 Å². The monoisotopic (exact) mass is 172 g/mol. The fourth-order valence-corrected chi connectivity index (χ4v) is 1.91. The van der Waals surface area contributed by atoms with Gasteiger partial charge >= 0.3 is 0 Å². The molecular formula is C13H16. The fraction of sp³-hybridized carbons (Fsp3) is 0.385. The van der Waals surface area contributed by atoms with Gasteiger partial charge < -0.3 is 0 Å². The van der Waals surface area contributed by atoms with E-state index in [1.54, 1.807) is 11.1 Å². The highest BCUT2D eigenvalue weighted by Gasteiger charge is 2.06. The van der Waals surface area contributed by atoms with Crippen molar-refractivity contribution in [2.75, 3.05) is 0 Å². The van der Waals surface area contributed by atoms with Gasteiger partial charge in [-0.1, -0.05) is 36.5 Å². The highest BCUT2D eigenvalue weighted by Crippen LogP contribution is 2.25. The Morgan fingerprint density at radius 2 is 1.46 bits per heavy atom. The van der Waals surface area contributed by atoms with Crippen molar-refractivity contribution in [3.05, 3.63) is 47.6 Å². The van der Waals surface area contributed by atoms with Crippen molar-refractivity contribution in [2.45, 2.75) is 32.1 Å². The second kappa shape index (κ2) is 4.27. The fourth-order valence-electron chi connectivity index (χ4n) is 1.91. The van der Waals surface area contributed by atoms with Gasteiger partial charge in [0.15, 0.2) is 0 Å². The molecule has 0 radical (unpaired) electrons. The molecule has 0 aromatic heterocycles. The molecule has 0 heterocycles. The van der Waals surface area contributed by atoms with Gasteiger partial charge in [0.05, 0.1) is 0 Å². The molecule has 0 unspecified atom stereocenters. The van der Waals surface area contributed by atoms with Gasteiger partial charge in [0.1, 0.15) is 0 Å². The van der Waals surface area contributed by atoms with Gasteiger partial charge in [-0.2, -0.15) is 0 Å². The summed E-state index contributed by atoms with van der Waals surface area (Å²) in [7, 11) is 0. The van der Waals surface area contributed by atoms with E-state index in [-0.39, 0.29) is 0 Å². The van der Waals surface area contributed by atoms with E-state index in [9.17, 15) is 0 Å². The van der Waals surface area contributed by atoms with Crippen molar-refractivity contribution < 1.29 is 0 Å². The molecule has 0 N–H and O–H groups in total. The van der Waals surface area contributed by atoms with Gasteiger partial charge in [-0.3, -0.25) is 0 Å². The molecule has 0 nitrogen and oxygen atoms in total. The molecule has 2 aliphatic carbocycles. The molecular weight excluding hydrogens is 156 g/mol. The van der Waals surface area contributed by atoms with Crippen LogP contribution in [0, 0.1) is 0 Å². The molecule has 0 aromatic rings. The van der Waals surface area contributed by atoms with Crippen molar-refractivity contribution in [2.24, 2.45) is 0 Å². The Morgan fingerprint density at radius 1 is 0.769 bits per heavy atom. The molecule has 0 aromatic carbocycles. The van der Waals surface area contributed by atoms with E-state index >= 15 is 0 Å². The lowest BCUT2D eigenvalue weighted by Crippen LogP contribution is -1.92. The molecule has 68 valence electrons. The lowest BCUT2D eigenvalue weighted by molar-refractivity contribution is 0.826. The molecule has 0 fully saturated rings. The Balaban J connectivity index is 2.14. The summed E-state index contributed by atoms with van der Waals surface area (Å²) >= 11 is 0. The first-order chi connectivity index (χ1) is 6.47. The Morgan fingerprint density at radius 3 is 2.23 bits per heavy atom. The van der Waals surface area contributed by atoms with Crippen LogP contribution >= 0.6 is 0 Å². The van der Waals surface area contributed by atoms with Gasteiger partial charge in [-0.05, 0) is 43.3 Å². The summed E-state index contributed by atoms with van der Waals surface area (Å²) in [5, 5.41) is 0. The van der Waals surface area contributed by atoms with Gasteiger partial charge in [0.25, 0.3) is 0 Å². The minimum Gasteiger partial charge on any atom is -0.0845 e. The topological polar surface area (TPSA) is 0 Å². The zero-order valence-electron chi connectivity index (χ0n) is 8.00. The van der Waals surface area contributed by atoms with E-state index in [4.69, 9.17) is 0 Å². The normalized spacial score (nSPS) is 22.2. The number of hydrogen-bond donors (Lipinski definition) is 0. The second-order valence-corrected chi connectivity index (χ2v) is 3.67. The van der Waals surface area contributed by atoms with Crippen LogP contribution in [0.25, 0.3) is 0 Å². The Bertz CT molecular complexity index is 287. The summed E-state index contributed by atoms with van der Waals surface area (Å²) in [6.45, 7) is 0. The van der Waals surface area contributed by atoms with E-state index in [1.807, 2.05) is 0 Å². The smallest absolute Gasteiger partial charge is 0.0241 e. The van der Waals surface area contributed by atoms with Gasteiger partial charge in [0.2, 0.25) is 0 Å².